The van der Waals surface area contributed by atoms with E-state index >= 15 is 0 Å². The average molecular weight is 336 g/mol. The Bertz CT molecular complexity index is 886. The Hall–Kier alpha value is -3.01. The van der Waals surface area contributed by atoms with E-state index in [0.29, 0.717) is 35.2 Å². The summed E-state index contributed by atoms with van der Waals surface area (Å²) in [6.07, 6.45) is 1.62. The standard InChI is InChI=1S/C21H20O4/c1-3-10-24-21-19(23-2)11-15(14-22)12-20(21)25-18-9-8-16-6-4-5-7-17(16)13-18/h4-9,11-14H,3,10H2,1-2H3. The predicted molar refractivity (Wildman–Crippen MR) is 98.2 cm³/mol. The van der Waals surface area contributed by atoms with E-state index in [2.05, 4.69) is 0 Å². The highest BCUT2D eigenvalue weighted by atomic mass is 16.5. The summed E-state index contributed by atoms with van der Waals surface area (Å²) < 4.78 is 17.2. The fourth-order valence-electron chi connectivity index (χ4n) is 2.60. The molecule has 0 unspecified atom stereocenters. The van der Waals surface area contributed by atoms with Gasteiger partial charge in [0.1, 0.15) is 12.0 Å². The molecular formula is C21H20O4. The fourth-order valence-corrected chi connectivity index (χ4v) is 2.60. The SMILES string of the molecule is CCCOc1c(OC)cc(C=O)cc1Oc1ccc2ccccc2c1. The first kappa shape index (κ1) is 16.8. The largest absolute Gasteiger partial charge is 0.493 e. The van der Waals surface area contributed by atoms with Crippen LogP contribution < -0.4 is 14.2 Å². The summed E-state index contributed by atoms with van der Waals surface area (Å²) in [5, 5.41) is 2.21. The molecule has 0 radical (unpaired) electrons. The normalized spacial score (nSPS) is 10.5. The number of ether oxygens (including phenoxy) is 3. The molecule has 0 N–H and O–H groups in total. The molecule has 3 aromatic carbocycles. The zero-order chi connectivity index (χ0) is 17.6. The molecule has 0 heterocycles. The molecule has 0 aliphatic heterocycles. The van der Waals surface area contributed by atoms with Gasteiger partial charge in [0.25, 0.3) is 0 Å². The number of fused-ring (bicyclic) bond motifs is 1. The third-order valence-electron chi connectivity index (χ3n) is 3.80. The summed E-state index contributed by atoms with van der Waals surface area (Å²) in [5.41, 5.74) is 0.469. The molecule has 3 aromatic rings. The topological polar surface area (TPSA) is 44.8 Å². The Balaban J connectivity index is 2.02. The van der Waals surface area contributed by atoms with Gasteiger partial charge in [0.15, 0.2) is 11.5 Å². The van der Waals surface area contributed by atoms with Gasteiger partial charge in [-0.1, -0.05) is 37.3 Å². The molecule has 0 bridgehead atoms. The summed E-state index contributed by atoms with van der Waals surface area (Å²) in [5.74, 6) is 2.12. The van der Waals surface area contributed by atoms with Crippen LogP contribution in [0, 0.1) is 0 Å². The van der Waals surface area contributed by atoms with E-state index in [0.717, 1.165) is 23.5 Å². The van der Waals surface area contributed by atoms with E-state index < -0.39 is 0 Å². The Morgan fingerprint density at radius 3 is 2.44 bits per heavy atom. The molecular weight excluding hydrogens is 316 g/mol. The zero-order valence-electron chi connectivity index (χ0n) is 14.3. The molecule has 0 saturated heterocycles. The highest BCUT2D eigenvalue weighted by molar-refractivity contribution is 5.84. The summed E-state index contributed by atoms with van der Waals surface area (Å²) in [4.78, 5) is 11.2. The highest BCUT2D eigenvalue weighted by Crippen LogP contribution is 2.41. The van der Waals surface area contributed by atoms with Gasteiger partial charge in [0, 0.05) is 5.56 Å². The van der Waals surface area contributed by atoms with Crippen LogP contribution in [0.1, 0.15) is 23.7 Å². The minimum Gasteiger partial charge on any atom is -0.493 e. The third kappa shape index (κ3) is 3.74. The second-order valence-electron chi connectivity index (χ2n) is 5.63. The van der Waals surface area contributed by atoms with Crippen molar-refractivity contribution in [3.05, 3.63) is 60.2 Å². The molecule has 128 valence electrons. The van der Waals surface area contributed by atoms with Crippen LogP contribution in [0.5, 0.6) is 23.0 Å². The minimum atomic E-state index is 0.463. The van der Waals surface area contributed by atoms with Crippen molar-refractivity contribution < 1.29 is 19.0 Å². The predicted octanol–water partition coefficient (Wildman–Crippen LogP) is 5.24. The lowest BCUT2D eigenvalue weighted by Crippen LogP contribution is -2.01. The summed E-state index contributed by atoms with van der Waals surface area (Å²) in [7, 11) is 1.54. The van der Waals surface area contributed by atoms with E-state index in [4.69, 9.17) is 14.2 Å². The molecule has 0 atom stereocenters. The first-order valence-corrected chi connectivity index (χ1v) is 8.21. The lowest BCUT2D eigenvalue weighted by Gasteiger charge is -2.16. The van der Waals surface area contributed by atoms with Crippen molar-refractivity contribution in [2.75, 3.05) is 13.7 Å². The number of aldehydes is 1. The van der Waals surface area contributed by atoms with Gasteiger partial charge in [0.05, 0.1) is 13.7 Å². The van der Waals surface area contributed by atoms with Crippen molar-refractivity contribution in [1.29, 1.82) is 0 Å². The van der Waals surface area contributed by atoms with Crippen LogP contribution in [0.3, 0.4) is 0 Å². The van der Waals surface area contributed by atoms with Crippen LogP contribution in [0.15, 0.2) is 54.6 Å². The van der Waals surface area contributed by atoms with Gasteiger partial charge in [-0.3, -0.25) is 4.79 Å². The Kier molecular flexibility index (Phi) is 5.19. The lowest BCUT2D eigenvalue weighted by atomic mass is 10.1. The van der Waals surface area contributed by atoms with Gasteiger partial charge < -0.3 is 14.2 Å². The van der Waals surface area contributed by atoms with E-state index in [9.17, 15) is 4.79 Å². The van der Waals surface area contributed by atoms with Gasteiger partial charge in [-0.25, -0.2) is 0 Å². The smallest absolute Gasteiger partial charge is 0.204 e. The Morgan fingerprint density at radius 1 is 0.960 bits per heavy atom. The van der Waals surface area contributed by atoms with Crippen molar-refractivity contribution in [3.8, 4) is 23.0 Å². The van der Waals surface area contributed by atoms with Crippen molar-refractivity contribution in [1.82, 2.24) is 0 Å². The quantitative estimate of drug-likeness (QED) is 0.553. The molecule has 3 rings (SSSR count). The van der Waals surface area contributed by atoms with E-state index in [1.165, 1.54) is 0 Å². The first-order chi connectivity index (χ1) is 12.2. The number of carbonyl (C=O) groups excluding carboxylic acids is 1. The minimum absolute atomic E-state index is 0.463. The van der Waals surface area contributed by atoms with E-state index in [-0.39, 0.29) is 0 Å². The van der Waals surface area contributed by atoms with Crippen LogP contribution in [0.4, 0.5) is 0 Å². The molecule has 0 aromatic heterocycles. The maximum Gasteiger partial charge on any atom is 0.204 e. The summed E-state index contributed by atoms with van der Waals surface area (Å²) in [6, 6.07) is 17.2. The average Bonchev–Trinajstić information content (AvgIpc) is 2.66. The molecule has 0 aliphatic rings. The number of hydrogen-bond donors (Lipinski definition) is 0. The van der Waals surface area contributed by atoms with Crippen molar-refractivity contribution >= 4 is 17.1 Å². The van der Waals surface area contributed by atoms with Gasteiger partial charge in [-0.05, 0) is 41.5 Å². The second kappa shape index (κ2) is 7.71. The van der Waals surface area contributed by atoms with Gasteiger partial charge in [-0.15, -0.1) is 0 Å². The Labute approximate surface area is 146 Å². The molecule has 4 nitrogen and oxygen atoms in total. The molecule has 0 saturated carbocycles. The Morgan fingerprint density at radius 2 is 1.72 bits per heavy atom. The lowest BCUT2D eigenvalue weighted by molar-refractivity contribution is 0.112. The fraction of sp³-hybridized carbons (Fsp3) is 0.190. The number of hydrogen-bond acceptors (Lipinski definition) is 4. The number of benzene rings is 3. The maximum absolute atomic E-state index is 11.2. The number of carbonyl (C=O) groups is 1. The number of methoxy groups -OCH3 is 1. The summed E-state index contributed by atoms with van der Waals surface area (Å²) in [6.45, 7) is 2.56. The van der Waals surface area contributed by atoms with Crippen LogP contribution in [-0.2, 0) is 0 Å². The maximum atomic E-state index is 11.2. The van der Waals surface area contributed by atoms with Crippen LogP contribution >= 0.6 is 0 Å². The van der Waals surface area contributed by atoms with Crippen LogP contribution in [-0.4, -0.2) is 20.0 Å². The van der Waals surface area contributed by atoms with Gasteiger partial charge >= 0.3 is 0 Å². The molecule has 0 fully saturated rings. The van der Waals surface area contributed by atoms with Crippen molar-refractivity contribution in [2.45, 2.75) is 13.3 Å². The monoisotopic (exact) mass is 336 g/mol. The highest BCUT2D eigenvalue weighted by Gasteiger charge is 2.15. The van der Waals surface area contributed by atoms with Crippen molar-refractivity contribution in [3.63, 3.8) is 0 Å². The molecule has 0 amide bonds. The zero-order valence-corrected chi connectivity index (χ0v) is 14.3. The van der Waals surface area contributed by atoms with Crippen LogP contribution in [0.2, 0.25) is 0 Å². The number of rotatable bonds is 7. The molecule has 0 aliphatic carbocycles. The molecule has 0 spiro atoms. The second-order valence-corrected chi connectivity index (χ2v) is 5.63. The third-order valence-corrected chi connectivity index (χ3v) is 3.80. The van der Waals surface area contributed by atoms with Gasteiger partial charge in [-0.2, -0.15) is 0 Å². The van der Waals surface area contributed by atoms with Gasteiger partial charge in [0.2, 0.25) is 5.75 Å². The van der Waals surface area contributed by atoms with Crippen molar-refractivity contribution in [2.24, 2.45) is 0 Å². The van der Waals surface area contributed by atoms with E-state index in [1.807, 2.05) is 49.4 Å². The molecule has 25 heavy (non-hydrogen) atoms. The molecule has 4 heteroatoms. The first-order valence-electron chi connectivity index (χ1n) is 8.21. The summed E-state index contributed by atoms with van der Waals surface area (Å²) >= 11 is 0. The van der Waals surface area contributed by atoms with E-state index in [1.54, 1.807) is 19.2 Å². The van der Waals surface area contributed by atoms with Crippen LogP contribution in [0.25, 0.3) is 10.8 Å².